The first-order valence-electron chi connectivity index (χ1n) is 6.96. The topological polar surface area (TPSA) is 17.1 Å². The minimum absolute atomic E-state index is 0.0152. The summed E-state index contributed by atoms with van der Waals surface area (Å²) in [6, 6.07) is 7.87. The zero-order valence-electron chi connectivity index (χ0n) is 11.3. The number of carbonyl (C=O) groups is 1. The van der Waals surface area contributed by atoms with Crippen LogP contribution in [0.4, 0.5) is 0 Å². The molecule has 0 spiro atoms. The van der Waals surface area contributed by atoms with Crippen molar-refractivity contribution in [3.63, 3.8) is 0 Å². The molecule has 0 unspecified atom stereocenters. The van der Waals surface area contributed by atoms with E-state index in [1.165, 1.54) is 44.1 Å². The second kappa shape index (κ2) is 9.16. The number of Topliss-reactive ketones (excluding diaryl/α,β-unsaturated/α-hetero) is 1. The number of unbranched alkanes of at least 4 members (excludes halogenated alkanes) is 5. The highest BCUT2D eigenvalue weighted by Crippen LogP contribution is 2.12. The van der Waals surface area contributed by atoms with Crippen molar-refractivity contribution in [2.45, 2.75) is 51.9 Å². The number of hydrogen-bond acceptors (Lipinski definition) is 1. The van der Waals surface area contributed by atoms with Crippen LogP contribution >= 0.6 is 11.6 Å². The fraction of sp³-hybridized carbons (Fsp3) is 0.562. The highest BCUT2D eigenvalue weighted by Gasteiger charge is 2.04. The van der Waals surface area contributed by atoms with Gasteiger partial charge in [0.2, 0.25) is 0 Å². The molecule has 2 heteroatoms. The molecule has 0 atom stereocenters. The molecular weight excluding hydrogens is 244 g/mol. The molecule has 1 rings (SSSR count). The summed E-state index contributed by atoms with van der Waals surface area (Å²) in [7, 11) is 0. The molecule has 0 heterocycles. The molecule has 0 amide bonds. The number of carbonyl (C=O) groups excluding carboxylic acids is 1. The number of ketones is 1. The molecule has 18 heavy (non-hydrogen) atoms. The number of rotatable bonds is 9. The molecule has 0 aliphatic heterocycles. The number of alkyl halides is 1. The van der Waals surface area contributed by atoms with Gasteiger partial charge in [0.15, 0.2) is 5.78 Å². The predicted molar refractivity (Wildman–Crippen MR) is 78.6 cm³/mol. The Labute approximate surface area is 116 Å². The van der Waals surface area contributed by atoms with Crippen LogP contribution in [0.3, 0.4) is 0 Å². The van der Waals surface area contributed by atoms with Gasteiger partial charge >= 0.3 is 0 Å². The van der Waals surface area contributed by atoms with E-state index in [9.17, 15) is 4.79 Å². The molecule has 1 aromatic carbocycles. The number of hydrogen-bond donors (Lipinski definition) is 0. The summed E-state index contributed by atoms with van der Waals surface area (Å²) in [6.45, 7) is 2.24. The van der Waals surface area contributed by atoms with Crippen molar-refractivity contribution >= 4 is 17.4 Å². The van der Waals surface area contributed by atoms with Crippen LogP contribution in [0.5, 0.6) is 0 Å². The second-order valence-corrected chi connectivity index (χ2v) is 5.04. The van der Waals surface area contributed by atoms with Gasteiger partial charge in [-0.05, 0) is 24.5 Å². The summed E-state index contributed by atoms with van der Waals surface area (Å²) < 4.78 is 0. The average Bonchev–Trinajstić information content (AvgIpc) is 2.42. The maximum Gasteiger partial charge on any atom is 0.177 e. The zero-order chi connectivity index (χ0) is 13.2. The van der Waals surface area contributed by atoms with Gasteiger partial charge in [-0.15, -0.1) is 11.6 Å². The highest BCUT2D eigenvalue weighted by molar-refractivity contribution is 6.30. The first kappa shape index (κ1) is 15.2. The van der Waals surface area contributed by atoms with E-state index in [-0.39, 0.29) is 11.7 Å². The van der Waals surface area contributed by atoms with E-state index in [1.807, 2.05) is 18.2 Å². The summed E-state index contributed by atoms with van der Waals surface area (Å²) in [5.74, 6) is 0.0852. The van der Waals surface area contributed by atoms with Gasteiger partial charge in [0, 0.05) is 5.56 Å². The fourth-order valence-electron chi connectivity index (χ4n) is 2.09. The summed E-state index contributed by atoms with van der Waals surface area (Å²) >= 11 is 5.56. The van der Waals surface area contributed by atoms with Gasteiger partial charge < -0.3 is 0 Å². The van der Waals surface area contributed by atoms with Gasteiger partial charge in [0.25, 0.3) is 0 Å². The molecule has 0 aromatic heterocycles. The van der Waals surface area contributed by atoms with Gasteiger partial charge in [0.1, 0.15) is 0 Å². The lowest BCUT2D eigenvalue weighted by Crippen LogP contribution is -2.00. The molecule has 1 nitrogen and oxygen atoms in total. The van der Waals surface area contributed by atoms with Crippen molar-refractivity contribution in [2.75, 3.05) is 5.88 Å². The third-order valence-electron chi connectivity index (χ3n) is 3.19. The maximum absolute atomic E-state index is 11.5. The van der Waals surface area contributed by atoms with Crippen LogP contribution in [0.25, 0.3) is 0 Å². The standard InChI is InChI=1S/C16H23ClO/c1-2-3-4-5-6-7-9-14-10-8-11-15(12-14)16(18)13-17/h8,10-12H,2-7,9,13H2,1H3. The molecule has 100 valence electrons. The Bertz CT molecular complexity index is 360. The number of halogens is 1. The fourth-order valence-corrected chi connectivity index (χ4v) is 2.24. The first-order chi connectivity index (χ1) is 8.77. The van der Waals surface area contributed by atoms with E-state index >= 15 is 0 Å². The molecule has 1 aromatic rings. The summed E-state index contributed by atoms with van der Waals surface area (Å²) in [6.07, 6.45) is 8.88. The van der Waals surface area contributed by atoms with E-state index < -0.39 is 0 Å². The molecule has 0 N–H and O–H groups in total. The molecule has 0 saturated carbocycles. The Hall–Kier alpha value is -0.820. The average molecular weight is 267 g/mol. The monoisotopic (exact) mass is 266 g/mol. The van der Waals surface area contributed by atoms with Gasteiger partial charge in [-0.1, -0.05) is 57.2 Å². The van der Waals surface area contributed by atoms with Crippen LogP contribution in [0, 0.1) is 0 Å². The van der Waals surface area contributed by atoms with Gasteiger partial charge in [-0.25, -0.2) is 0 Å². The first-order valence-corrected chi connectivity index (χ1v) is 7.49. The van der Waals surface area contributed by atoms with Crippen LogP contribution in [-0.2, 0) is 6.42 Å². The van der Waals surface area contributed by atoms with Crippen LogP contribution < -0.4 is 0 Å². The Morgan fingerprint density at radius 2 is 1.83 bits per heavy atom. The minimum Gasteiger partial charge on any atom is -0.293 e. The molecule has 0 radical (unpaired) electrons. The Kier molecular flexibility index (Phi) is 7.75. The predicted octanol–water partition coefficient (Wildman–Crippen LogP) is 5.01. The van der Waals surface area contributed by atoms with E-state index in [4.69, 9.17) is 11.6 Å². The number of benzene rings is 1. The van der Waals surface area contributed by atoms with Crippen LogP contribution in [0.15, 0.2) is 24.3 Å². The maximum atomic E-state index is 11.5. The van der Waals surface area contributed by atoms with Crippen molar-refractivity contribution in [3.05, 3.63) is 35.4 Å². The molecule has 0 aliphatic carbocycles. The molecule has 0 saturated heterocycles. The molecule has 0 aliphatic rings. The van der Waals surface area contributed by atoms with Gasteiger partial charge in [-0.2, -0.15) is 0 Å². The van der Waals surface area contributed by atoms with Crippen molar-refractivity contribution in [2.24, 2.45) is 0 Å². The lowest BCUT2D eigenvalue weighted by molar-refractivity contribution is 0.102. The second-order valence-electron chi connectivity index (χ2n) is 4.77. The number of aryl methyl sites for hydroxylation is 1. The Morgan fingerprint density at radius 1 is 1.11 bits per heavy atom. The highest BCUT2D eigenvalue weighted by atomic mass is 35.5. The van der Waals surface area contributed by atoms with Crippen molar-refractivity contribution in [1.29, 1.82) is 0 Å². The Balaban J connectivity index is 2.32. The van der Waals surface area contributed by atoms with Crippen LogP contribution in [0.1, 0.15) is 61.4 Å². The van der Waals surface area contributed by atoms with Crippen LogP contribution in [0.2, 0.25) is 0 Å². The van der Waals surface area contributed by atoms with E-state index in [1.54, 1.807) is 0 Å². The van der Waals surface area contributed by atoms with Gasteiger partial charge in [0.05, 0.1) is 5.88 Å². The summed E-state index contributed by atoms with van der Waals surface area (Å²) in [5, 5.41) is 0. The summed E-state index contributed by atoms with van der Waals surface area (Å²) in [4.78, 5) is 11.5. The molecular formula is C16H23ClO. The third kappa shape index (κ3) is 5.68. The quantitative estimate of drug-likeness (QED) is 0.349. The van der Waals surface area contributed by atoms with Crippen molar-refractivity contribution < 1.29 is 4.79 Å². The SMILES string of the molecule is CCCCCCCCc1cccc(C(=O)CCl)c1. The summed E-state index contributed by atoms with van der Waals surface area (Å²) in [5.41, 5.74) is 2.00. The van der Waals surface area contributed by atoms with Crippen LogP contribution in [-0.4, -0.2) is 11.7 Å². The largest absolute Gasteiger partial charge is 0.293 e. The van der Waals surface area contributed by atoms with Crippen molar-refractivity contribution in [1.82, 2.24) is 0 Å². The smallest absolute Gasteiger partial charge is 0.177 e. The normalized spacial score (nSPS) is 10.6. The van der Waals surface area contributed by atoms with E-state index in [0.717, 1.165) is 12.0 Å². The third-order valence-corrected chi connectivity index (χ3v) is 3.43. The Morgan fingerprint density at radius 3 is 2.56 bits per heavy atom. The minimum atomic E-state index is 0.0152. The van der Waals surface area contributed by atoms with Gasteiger partial charge in [-0.3, -0.25) is 4.79 Å². The van der Waals surface area contributed by atoms with E-state index in [0.29, 0.717) is 0 Å². The van der Waals surface area contributed by atoms with E-state index in [2.05, 4.69) is 13.0 Å². The lowest BCUT2D eigenvalue weighted by Gasteiger charge is -2.04. The molecule has 0 fully saturated rings. The zero-order valence-corrected chi connectivity index (χ0v) is 12.0. The van der Waals surface area contributed by atoms with Crippen molar-refractivity contribution in [3.8, 4) is 0 Å². The molecule has 0 bridgehead atoms. The lowest BCUT2D eigenvalue weighted by atomic mass is 10.0.